The summed E-state index contributed by atoms with van der Waals surface area (Å²) in [6.45, 7) is 2.13. The molecule has 0 saturated heterocycles. The highest BCUT2D eigenvalue weighted by Gasteiger charge is 2.29. The molecule has 1 unspecified atom stereocenters. The maximum Gasteiger partial charge on any atom is 0.322 e. The Labute approximate surface area is 125 Å². The zero-order valence-corrected chi connectivity index (χ0v) is 12.8. The zero-order chi connectivity index (χ0) is 13.9. The number of hydrogen-bond acceptors (Lipinski definition) is 2. The first-order valence-corrected chi connectivity index (χ1v) is 8.56. The highest BCUT2D eigenvalue weighted by Crippen LogP contribution is 2.37. The summed E-state index contributed by atoms with van der Waals surface area (Å²) in [5, 5.41) is 3.24. The van der Waals surface area contributed by atoms with Crippen molar-refractivity contribution < 1.29 is 4.79 Å². The van der Waals surface area contributed by atoms with Crippen LogP contribution in [-0.4, -0.2) is 23.9 Å². The van der Waals surface area contributed by atoms with E-state index in [1.54, 1.807) is 0 Å². The summed E-state index contributed by atoms with van der Waals surface area (Å²) in [6, 6.07) is 8.91. The molecule has 1 fully saturated rings. The van der Waals surface area contributed by atoms with Crippen LogP contribution in [-0.2, 0) is 0 Å². The molecule has 1 atom stereocenters. The number of nitrogens with zero attached hydrogens (tertiary/aromatic N) is 1. The van der Waals surface area contributed by atoms with Gasteiger partial charge in [-0.05, 0) is 31.9 Å². The van der Waals surface area contributed by atoms with Crippen LogP contribution in [0.15, 0.2) is 29.2 Å². The molecule has 1 aliphatic heterocycles. The van der Waals surface area contributed by atoms with Crippen molar-refractivity contribution in [2.45, 2.75) is 56.0 Å². The van der Waals surface area contributed by atoms with Crippen molar-refractivity contribution in [3.63, 3.8) is 0 Å². The van der Waals surface area contributed by atoms with Gasteiger partial charge >= 0.3 is 6.03 Å². The van der Waals surface area contributed by atoms with Gasteiger partial charge in [-0.25, -0.2) is 4.79 Å². The van der Waals surface area contributed by atoms with Gasteiger partial charge < -0.3 is 5.32 Å². The van der Waals surface area contributed by atoms with E-state index in [1.807, 2.05) is 28.8 Å². The lowest BCUT2D eigenvalue weighted by molar-refractivity contribution is 0.236. The summed E-state index contributed by atoms with van der Waals surface area (Å²) in [4.78, 5) is 15.8. The molecule has 1 aromatic rings. The third-order valence-corrected chi connectivity index (χ3v) is 5.50. The molecule has 1 aliphatic carbocycles. The number of nitrogens with one attached hydrogen (secondary N) is 1. The fraction of sp³-hybridized carbons (Fsp3) is 0.562. The number of carbonyl (C=O) groups excluding carboxylic acids is 1. The number of anilines is 1. The van der Waals surface area contributed by atoms with E-state index in [-0.39, 0.29) is 12.1 Å². The molecule has 3 rings (SSSR count). The summed E-state index contributed by atoms with van der Waals surface area (Å²) in [7, 11) is 0. The second-order valence-electron chi connectivity index (χ2n) is 5.78. The lowest BCUT2D eigenvalue weighted by Crippen LogP contribution is -2.51. The van der Waals surface area contributed by atoms with E-state index < -0.39 is 0 Å². The third-order valence-electron chi connectivity index (χ3n) is 4.20. The van der Waals surface area contributed by atoms with Gasteiger partial charge in [0, 0.05) is 22.7 Å². The number of benzene rings is 1. The van der Waals surface area contributed by atoms with Crippen LogP contribution < -0.4 is 10.2 Å². The molecule has 1 N–H and O–H groups in total. The van der Waals surface area contributed by atoms with Crippen LogP contribution in [0.5, 0.6) is 0 Å². The molecular formula is C16H22N2OS. The van der Waals surface area contributed by atoms with Gasteiger partial charge in [0.2, 0.25) is 0 Å². The van der Waals surface area contributed by atoms with Crippen LogP contribution >= 0.6 is 11.8 Å². The van der Waals surface area contributed by atoms with Gasteiger partial charge in [0.05, 0.1) is 5.69 Å². The van der Waals surface area contributed by atoms with Crippen molar-refractivity contribution in [3.05, 3.63) is 24.3 Å². The smallest absolute Gasteiger partial charge is 0.322 e. The predicted molar refractivity (Wildman–Crippen MR) is 84.5 cm³/mol. The monoisotopic (exact) mass is 290 g/mol. The Kier molecular flexibility index (Phi) is 4.20. The molecule has 0 bridgehead atoms. The standard InChI is InChI=1S/C16H22N2OS/c1-12-11-20-15-10-6-5-9-14(15)18(12)16(19)17-13-7-3-2-4-8-13/h5-6,9-10,12-13H,2-4,7-8,11H2,1H3,(H,17,19). The minimum atomic E-state index is 0.0807. The van der Waals surface area contributed by atoms with E-state index in [2.05, 4.69) is 24.4 Å². The largest absolute Gasteiger partial charge is 0.335 e. The topological polar surface area (TPSA) is 32.3 Å². The Morgan fingerprint density at radius 3 is 2.80 bits per heavy atom. The van der Waals surface area contributed by atoms with Crippen LogP contribution in [0.4, 0.5) is 10.5 Å². The van der Waals surface area contributed by atoms with Crippen molar-refractivity contribution in [1.29, 1.82) is 0 Å². The molecular weight excluding hydrogens is 268 g/mol. The summed E-state index contributed by atoms with van der Waals surface area (Å²) in [6.07, 6.45) is 6.06. The number of fused-ring (bicyclic) bond motifs is 1. The van der Waals surface area contributed by atoms with E-state index in [9.17, 15) is 4.79 Å². The average molecular weight is 290 g/mol. The minimum absolute atomic E-state index is 0.0807. The Hall–Kier alpha value is -1.16. The highest BCUT2D eigenvalue weighted by atomic mass is 32.2. The quantitative estimate of drug-likeness (QED) is 0.847. The molecule has 1 aromatic carbocycles. The second kappa shape index (κ2) is 6.08. The van der Waals surface area contributed by atoms with E-state index in [0.717, 1.165) is 24.3 Å². The van der Waals surface area contributed by atoms with Crippen LogP contribution in [0.3, 0.4) is 0 Å². The molecule has 0 radical (unpaired) electrons. The lowest BCUT2D eigenvalue weighted by atomic mass is 9.96. The number of amides is 2. The van der Waals surface area contributed by atoms with Crippen molar-refractivity contribution >= 4 is 23.5 Å². The predicted octanol–water partition coefficient (Wildman–Crippen LogP) is 4.03. The lowest BCUT2D eigenvalue weighted by Gasteiger charge is -2.36. The summed E-state index contributed by atoms with van der Waals surface area (Å²) < 4.78 is 0. The number of carbonyl (C=O) groups is 1. The number of para-hydroxylation sites is 1. The first kappa shape index (κ1) is 13.8. The molecule has 0 spiro atoms. The number of thioether (sulfide) groups is 1. The van der Waals surface area contributed by atoms with Crippen LogP contribution in [0.2, 0.25) is 0 Å². The van der Waals surface area contributed by atoms with E-state index in [1.165, 1.54) is 24.2 Å². The Balaban J connectivity index is 1.76. The van der Waals surface area contributed by atoms with Crippen LogP contribution in [0.25, 0.3) is 0 Å². The van der Waals surface area contributed by atoms with Gasteiger partial charge in [0.25, 0.3) is 0 Å². The molecule has 3 nitrogen and oxygen atoms in total. The zero-order valence-electron chi connectivity index (χ0n) is 12.0. The molecule has 20 heavy (non-hydrogen) atoms. The Morgan fingerprint density at radius 2 is 2.00 bits per heavy atom. The van der Waals surface area contributed by atoms with Gasteiger partial charge in [0.15, 0.2) is 0 Å². The highest BCUT2D eigenvalue weighted by molar-refractivity contribution is 7.99. The Bertz CT molecular complexity index is 485. The summed E-state index contributed by atoms with van der Waals surface area (Å²) in [5.41, 5.74) is 1.06. The normalized spacial score (nSPS) is 23.2. The first-order valence-electron chi connectivity index (χ1n) is 7.57. The Morgan fingerprint density at radius 1 is 1.25 bits per heavy atom. The van der Waals surface area contributed by atoms with Crippen molar-refractivity contribution in [3.8, 4) is 0 Å². The molecule has 2 amide bonds. The maximum atomic E-state index is 12.6. The summed E-state index contributed by atoms with van der Waals surface area (Å²) in [5.74, 6) is 0.967. The maximum absolute atomic E-state index is 12.6. The van der Waals surface area contributed by atoms with Gasteiger partial charge in [-0.15, -0.1) is 11.8 Å². The van der Waals surface area contributed by atoms with Crippen LogP contribution in [0, 0.1) is 0 Å². The number of hydrogen-bond donors (Lipinski definition) is 1. The molecule has 108 valence electrons. The van der Waals surface area contributed by atoms with Gasteiger partial charge in [-0.3, -0.25) is 4.90 Å². The van der Waals surface area contributed by atoms with Gasteiger partial charge in [-0.1, -0.05) is 31.4 Å². The number of rotatable bonds is 1. The molecule has 1 saturated carbocycles. The number of urea groups is 1. The average Bonchev–Trinajstić information content (AvgIpc) is 2.48. The van der Waals surface area contributed by atoms with Crippen molar-refractivity contribution in [2.24, 2.45) is 0 Å². The van der Waals surface area contributed by atoms with E-state index >= 15 is 0 Å². The SMILES string of the molecule is CC1CSc2ccccc2N1C(=O)NC1CCCCC1. The molecule has 1 heterocycles. The second-order valence-corrected chi connectivity index (χ2v) is 6.84. The van der Waals surface area contributed by atoms with E-state index in [0.29, 0.717) is 6.04 Å². The van der Waals surface area contributed by atoms with Crippen LogP contribution in [0.1, 0.15) is 39.0 Å². The fourth-order valence-corrected chi connectivity index (χ4v) is 4.16. The minimum Gasteiger partial charge on any atom is -0.335 e. The van der Waals surface area contributed by atoms with Gasteiger partial charge in [0.1, 0.15) is 0 Å². The van der Waals surface area contributed by atoms with E-state index in [4.69, 9.17) is 0 Å². The first-order chi connectivity index (χ1) is 9.75. The van der Waals surface area contributed by atoms with Crippen molar-refractivity contribution in [2.75, 3.05) is 10.7 Å². The molecule has 2 aliphatic rings. The fourth-order valence-electron chi connectivity index (χ4n) is 3.10. The van der Waals surface area contributed by atoms with Gasteiger partial charge in [-0.2, -0.15) is 0 Å². The summed E-state index contributed by atoms with van der Waals surface area (Å²) >= 11 is 1.84. The molecule has 0 aromatic heterocycles. The van der Waals surface area contributed by atoms with Crippen molar-refractivity contribution in [1.82, 2.24) is 5.32 Å². The third kappa shape index (κ3) is 2.80. The molecule has 4 heteroatoms.